The lowest BCUT2D eigenvalue weighted by Crippen LogP contribution is -2.51. The topological polar surface area (TPSA) is 58.3 Å². The van der Waals surface area contributed by atoms with Gasteiger partial charge in [0.1, 0.15) is 11.6 Å². The van der Waals surface area contributed by atoms with Crippen molar-refractivity contribution in [3.05, 3.63) is 15.1 Å². The summed E-state index contributed by atoms with van der Waals surface area (Å²) < 4.78 is 0.996. The van der Waals surface area contributed by atoms with Gasteiger partial charge in [-0.2, -0.15) is 0 Å². The number of nitrogen functional groups attached to an aromatic ring is 1. The van der Waals surface area contributed by atoms with E-state index in [2.05, 4.69) is 65.3 Å². The molecule has 1 atom stereocenters. The van der Waals surface area contributed by atoms with Crippen molar-refractivity contribution in [2.75, 3.05) is 39.5 Å². The molecule has 0 spiro atoms. The van der Waals surface area contributed by atoms with Gasteiger partial charge in [0, 0.05) is 32.1 Å². The third-order valence-corrected chi connectivity index (χ3v) is 5.00. The van der Waals surface area contributed by atoms with Crippen LogP contribution >= 0.6 is 22.6 Å². The van der Waals surface area contributed by atoms with E-state index in [4.69, 9.17) is 10.7 Å². The molecule has 1 aliphatic rings. The highest BCUT2D eigenvalue weighted by Crippen LogP contribution is 2.24. The zero-order valence-electron chi connectivity index (χ0n) is 12.7. The number of nitrogens with zero attached hydrogens (tertiary/aromatic N) is 4. The molecule has 2 heterocycles. The lowest BCUT2D eigenvalue weighted by Gasteiger charge is -2.37. The predicted molar refractivity (Wildman–Crippen MR) is 90.9 cm³/mol. The van der Waals surface area contributed by atoms with Gasteiger partial charge in [0.2, 0.25) is 0 Å². The number of likely N-dealkylation sites (N-methyl/N-ethyl adjacent to an activating group) is 2. The van der Waals surface area contributed by atoms with E-state index in [9.17, 15) is 0 Å². The Morgan fingerprint density at radius 3 is 2.65 bits per heavy atom. The second-order valence-electron chi connectivity index (χ2n) is 5.98. The van der Waals surface area contributed by atoms with Gasteiger partial charge in [-0.1, -0.05) is 13.8 Å². The third-order valence-electron chi connectivity index (χ3n) is 3.89. The molecule has 1 aliphatic heterocycles. The minimum Gasteiger partial charge on any atom is -0.383 e. The van der Waals surface area contributed by atoms with E-state index in [1.54, 1.807) is 0 Å². The van der Waals surface area contributed by atoms with E-state index in [-0.39, 0.29) is 0 Å². The van der Waals surface area contributed by atoms with Crippen LogP contribution < -0.4 is 5.73 Å². The minimum absolute atomic E-state index is 0.373. The van der Waals surface area contributed by atoms with Crippen LogP contribution in [0.5, 0.6) is 0 Å². The maximum Gasteiger partial charge on any atom is 0.140 e. The first-order valence-electron chi connectivity index (χ1n) is 7.09. The molecule has 0 aliphatic carbocycles. The average Bonchev–Trinajstić information content (AvgIpc) is 2.37. The number of halogens is 1. The number of rotatable bonds is 3. The van der Waals surface area contributed by atoms with Crippen molar-refractivity contribution < 1.29 is 0 Å². The first-order chi connectivity index (χ1) is 9.38. The Morgan fingerprint density at radius 1 is 1.30 bits per heavy atom. The van der Waals surface area contributed by atoms with Gasteiger partial charge in [-0.15, -0.1) is 0 Å². The normalized spacial score (nSPS) is 21.6. The quantitative estimate of drug-likeness (QED) is 0.796. The molecule has 1 unspecified atom stereocenters. The van der Waals surface area contributed by atoms with E-state index in [1.165, 1.54) is 0 Å². The fraction of sp³-hybridized carbons (Fsp3) is 0.714. The first kappa shape index (κ1) is 15.9. The zero-order valence-corrected chi connectivity index (χ0v) is 14.9. The Labute approximate surface area is 135 Å². The molecular weight excluding hydrogens is 365 g/mol. The fourth-order valence-corrected chi connectivity index (χ4v) is 3.40. The molecule has 0 amide bonds. The second kappa shape index (κ2) is 6.53. The van der Waals surface area contributed by atoms with Gasteiger partial charge < -0.3 is 15.5 Å². The lowest BCUT2D eigenvalue weighted by atomic mass is 10.1. The van der Waals surface area contributed by atoms with Gasteiger partial charge in [0.05, 0.1) is 9.26 Å². The van der Waals surface area contributed by atoms with Crippen LogP contribution in [0.2, 0.25) is 0 Å². The number of nitrogens with two attached hydrogens (primary N) is 1. The van der Waals surface area contributed by atoms with E-state index in [0.29, 0.717) is 17.8 Å². The summed E-state index contributed by atoms with van der Waals surface area (Å²) in [6.45, 7) is 7.57. The van der Waals surface area contributed by atoms with Crippen LogP contribution in [0.3, 0.4) is 0 Å². The molecule has 1 saturated heterocycles. The third kappa shape index (κ3) is 3.59. The maximum atomic E-state index is 6.04. The van der Waals surface area contributed by atoms with Crippen molar-refractivity contribution >= 4 is 28.4 Å². The van der Waals surface area contributed by atoms with E-state index in [0.717, 1.165) is 41.1 Å². The molecule has 1 aromatic rings. The van der Waals surface area contributed by atoms with Crippen molar-refractivity contribution in [2.45, 2.75) is 32.2 Å². The lowest BCUT2D eigenvalue weighted by molar-refractivity contribution is 0.113. The highest BCUT2D eigenvalue weighted by molar-refractivity contribution is 14.1. The molecule has 0 bridgehead atoms. The van der Waals surface area contributed by atoms with E-state index >= 15 is 0 Å². The summed E-state index contributed by atoms with van der Waals surface area (Å²) >= 11 is 2.25. The summed E-state index contributed by atoms with van der Waals surface area (Å²) in [6.07, 6.45) is 0.863. The Balaban J connectivity index is 2.20. The van der Waals surface area contributed by atoms with Gasteiger partial charge in [-0.25, -0.2) is 9.97 Å². The maximum absolute atomic E-state index is 6.04. The Morgan fingerprint density at radius 2 is 2.00 bits per heavy atom. The van der Waals surface area contributed by atoms with Crippen LogP contribution in [-0.2, 0) is 6.42 Å². The summed E-state index contributed by atoms with van der Waals surface area (Å²) in [7, 11) is 4.35. The molecular formula is C14H24IN5. The van der Waals surface area contributed by atoms with Crippen LogP contribution in [0.15, 0.2) is 0 Å². The van der Waals surface area contributed by atoms with Crippen molar-refractivity contribution in [1.82, 2.24) is 19.8 Å². The van der Waals surface area contributed by atoms with E-state index in [1.807, 2.05) is 0 Å². The van der Waals surface area contributed by atoms with Crippen molar-refractivity contribution in [2.24, 2.45) is 0 Å². The van der Waals surface area contributed by atoms with Crippen LogP contribution in [-0.4, -0.2) is 59.5 Å². The van der Waals surface area contributed by atoms with E-state index < -0.39 is 0 Å². The smallest absolute Gasteiger partial charge is 0.140 e. The SMILES string of the molecule is CC(C)c1nc(CC2CN(C)CCN2C)nc(N)c1I. The van der Waals surface area contributed by atoms with Crippen molar-refractivity contribution in [3.8, 4) is 0 Å². The van der Waals surface area contributed by atoms with Crippen LogP contribution in [0.25, 0.3) is 0 Å². The number of anilines is 1. The van der Waals surface area contributed by atoms with Gasteiger partial charge in [0.25, 0.3) is 0 Å². The Bertz CT molecular complexity index is 477. The van der Waals surface area contributed by atoms with Crippen molar-refractivity contribution in [1.29, 1.82) is 0 Å². The monoisotopic (exact) mass is 389 g/mol. The summed E-state index contributed by atoms with van der Waals surface area (Å²) in [5, 5.41) is 0. The van der Waals surface area contributed by atoms with Crippen LogP contribution in [0, 0.1) is 3.57 Å². The Kier molecular flexibility index (Phi) is 5.19. The van der Waals surface area contributed by atoms with Crippen molar-refractivity contribution in [3.63, 3.8) is 0 Å². The largest absolute Gasteiger partial charge is 0.383 e. The molecule has 0 aromatic carbocycles. The molecule has 1 aromatic heterocycles. The molecule has 20 heavy (non-hydrogen) atoms. The zero-order chi connectivity index (χ0) is 14.9. The minimum atomic E-state index is 0.373. The first-order valence-corrected chi connectivity index (χ1v) is 8.17. The molecule has 2 rings (SSSR count). The summed E-state index contributed by atoms with van der Waals surface area (Å²) in [5.74, 6) is 1.86. The van der Waals surface area contributed by atoms with Gasteiger partial charge >= 0.3 is 0 Å². The molecule has 0 saturated carbocycles. The van der Waals surface area contributed by atoms with Gasteiger partial charge in [-0.05, 0) is 42.6 Å². The summed E-state index contributed by atoms with van der Waals surface area (Å²) in [6, 6.07) is 0.466. The highest BCUT2D eigenvalue weighted by atomic mass is 127. The van der Waals surface area contributed by atoms with Crippen LogP contribution in [0.4, 0.5) is 5.82 Å². The summed E-state index contributed by atoms with van der Waals surface area (Å²) in [4.78, 5) is 14.0. The molecule has 5 nitrogen and oxygen atoms in total. The summed E-state index contributed by atoms with van der Waals surface area (Å²) in [5.41, 5.74) is 7.11. The van der Waals surface area contributed by atoms with Crippen LogP contribution in [0.1, 0.15) is 31.3 Å². The number of hydrogen-bond donors (Lipinski definition) is 1. The fourth-order valence-electron chi connectivity index (χ4n) is 2.54. The molecule has 112 valence electrons. The number of piperazine rings is 1. The molecule has 6 heteroatoms. The molecule has 1 fully saturated rings. The Hall–Kier alpha value is -0.470. The average molecular weight is 389 g/mol. The molecule has 0 radical (unpaired) electrons. The standard InChI is InChI=1S/C14H24IN5/c1-9(2)13-12(15)14(16)18-11(17-13)7-10-8-19(3)5-6-20(10)4/h9-10H,5-8H2,1-4H3,(H2,16,17,18). The molecule has 2 N–H and O–H groups in total. The highest BCUT2D eigenvalue weighted by Gasteiger charge is 2.24. The van der Waals surface area contributed by atoms with Gasteiger partial charge in [-0.3, -0.25) is 0 Å². The number of hydrogen-bond acceptors (Lipinski definition) is 5. The second-order valence-corrected chi connectivity index (χ2v) is 7.06. The predicted octanol–water partition coefficient (Wildman–Crippen LogP) is 1.58. The number of aromatic nitrogens is 2. The van der Waals surface area contributed by atoms with Gasteiger partial charge in [0.15, 0.2) is 0 Å².